The summed E-state index contributed by atoms with van der Waals surface area (Å²) >= 11 is 0. The van der Waals surface area contributed by atoms with Crippen molar-refractivity contribution in [3.8, 4) is 0 Å². The zero-order valence-corrected chi connectivity index (χ0v) is 20.3. The van der Waals surface area contributed by atoms with Crippen LogP contribution in [0.2, 0.25) is 0 Å². The predicted octanol–water partition coefficient (Wildman–Crippen LogP) is 2.62. The first-order chi connectivity index (χ1) is 15.1. The minimum atomic E-state index is -3.58. The van der Waals surface area contributed by atoms with Gasteiger partial charge in [0.1, 0.15) is 0 Å². The summed E-state index contributed by atoms with van der Waals surface area (Å²) in [4.78, 5) is 14.4. The number of piperidine rings is 1. The summed E-state index contributed by atoms with van der Waals surface area (Å²) in [7, 11) is -6.92. The molecule has 0 unspecified atom stereocenters. The third kappa shape index (κ3) is 6.66. The van der Waals surface area contributed by atoms with Gasteiger partial charge in [0.25, 0.3) is 0 Å². The number of likely N-dealkylation sites (tertiary alicyclic amines) is 1. The van der Waals surface area contributed by atoms with E-state index in [2.05, 4.69) is 14.8 Å². The number of hydrogen-bond acceptors (Lipinski definition) is 5. The number of benzene rings is 1. The van der Waals surface area contributed by atoms with E-state index >= 15 is 0 Å². The number of hydrogen-bond donors (Lipinski definition) is 3. The number of nitrogens with one attached hydrogen (secondary N) is 3. The smallest absolute Gasteiger partial charge is 0.321 e. The maximum Gasteiger partial charge on any atom is 0.321 e. The van der Waals surface area contributed by atoms with Gasteiger partial charge in [-0.15, -0.1) is 0 Å². The van der Waals surface area contributed by atoms with E-state index in [1.807, 2.05) is 0 Å². The van der Waals surface area contributed by atoms with E-state index in [0.717, 1.165) is 32.1 Å². The molecular weight excluding hydrogens is 452 g/mol. The van der Waals surface area contributed by atoms with Crippen LogP contribution in [0.3, 0.4) is 0 Å². The molecule has 1 saturated heterocycles. The van der Waals surface area contributed by atoms with Crippen LogP contribution < -0.4 is 14.8 Å². The summed E-state index contributed by atoms with van der Waals surface area (Å²) in [6.07, 6.45) is 6.05. The van der Waals surface area contributed by atoms with Crippen LogP contribution in [0.5, 0.6) is 0 Å². The van der Waals surface area contributed by atoms with E-state index in [0.29, 0.717) is 31.6 Å². The minimum absolute atomic E-state index is 0.0129. The van der Waals surface area contributed by atoms with E-state index < -0.39 is 25.3 Å². The Hall–Kier alpha value is -1.69. The Bertz CT molecular complexity index is 980. The van der Waals surface area contributed by atoms with Crippen molar-refractivity contribution in [3.05, 3.63) is 24.3 Å². The molecular formula is C21H34N4O5S2. The Morgan fingerprint density at radius 1 is 0.875 bits per heavy atom. The van der Waals surface area contributed by atoms with Gasteiger partial charge < -0.3 is 10.2 Å². The molecule has 1 aromatic rings. The van der Waals surface area contributed by atoms with Crippen LogP contribution in [0.1, 0.15) is 58.8 Å². The molecule has 0 spiro atoms. The Morgan fingerprint density at radius 2 is 1.44 bits per heavy atom. The van der Waals surface area contributed by atoms with Crippen LogP contribution in [-0.2, 0) is 20.0 Å². The topological polar surface area (TPSA) is 125 Å². The van der Waals surface area contributed by atoms with Gasteiger partial charge in [-0.05, 0) is 63.8 Å². The Balaban J connectivity index is 1.50. The number of urea groups is 1. The average molecular weight is 487 g/mol. The SMILES string of the molecule is CC(C)S(=O)(=O)NC1CCN(C(=O)Nc2ccc(S(=O)(=O)NC3CCCCC3)cc2)CC1. The molecule has 9 nitrogen and oxygen atoms in total. The minimum Gasteiger partial charge on any atom is -0.324 e. The van der Waals surface area contributed by atoms with Crippen molar-refractivity contribution in [2.75, 3.05) is 18.4 Å². The molecule has 2 fully saturated rings. The third-order valence-electron chi connectivity index (χ3n) is 6.08. The summed E-state index contributed by atoms with van der Waals surface area (Å²) in [5.41, 5.74) is 0.509. The number of rotatable bonds is 7. The molecule has 2 aliphatic rings. The quantitative estimate of drug-likeness (QED) is 0.546. The first kappa shape index (κ1) is 24.9. The molecule has 11 heteroatoms. The molecule has 1 heterocycles. The molecule has 32 heavy (non-hydrogen) atoms. The van der Waals surface area contributed by atoms with Gasteiger partial charge in [0, 0.05) is 30.9 Å². The van der Waals surface area contributed by atoms with Crippen LogP contribution in [-0.4, -0.2) is 58.2 Å². The van der Waals surface area contributed by atoms with Crippen molar-refractivity contribution < 1.29 is 21.6 Å². The second-order valence-electron chi connectivity index (χ2n) is 8.88. The van der Waals surface area contributed by atoms with Gasteiger partial charge in [0.15, 0.2) is 0 Å². The monoisotopic (exact) mass is 486 g/mol. The summed E-state index contributed by atoms with van der Waals surface area (Å²) < 4.78 is 54.7. The molecule has 1 aliphatic heterocycles. The average Bonchev–Trinajstić information content (AvgIpc) is 2.74. The highest BCUT2D eigenvalue weighted by molar-refractivity contribution is 7.90. The van der Waals surface area contributed by atoms with Crippen molar-refractivity contribution in [2.45, 2.75) is 81.0 Å². The standard InChI is InChI=1S/C21H34N4O5S2/c1-16(2)31(27,28)23-19-12-14-25(15-13-19)21(26)22-17-8-10-20(11-9-17)32(29,30)24-18-6-4-3-5-7-18/h8-11,16,18-19,23-24H,3-7,12-15H2,1-2H3,(H,22,26). The number of sulfonamides is 2. The molecule has 1 aromatic carbocycles. The molecule has 0 atom stereocenters. The highest BCUT2D eigenvalue weighted by atomic mass is 32.2. The third-order valence-corrected chi connectivity index (χ3v) is 9.52. The maximum atomic E-state index is 12.6. The van der Waals surface area contributed by atoms with Crippen LogP contribution in [0.15, 0.2) is 29.2 Å². The Kier molecular flexibility index (Phi) is 8.18. The molecule has 3 N–H and O–H groups in total. The molecule has 2 amide bonds. The first-order valence-electron chi connectivity index (χ1n) is 11.3. The zero-order chi connectivity index (χ0) is 23.4. The lowest BCUT2D eigenvalue weighted by Gasteiger charge is -2.32. The van der Waals surface area contributed by atoms with Crippen molar-refractivity contribution in [1.29, 1.82) is 0 Å². The number of amides is 2. The lowest BCUT2D eigenvalue weighted by Crippen LogP contribution is -2.48. The highest BCUT2D eigenvalue weighted by Gasteiger charge is 2.27. The van der Waals surface area contributed by atoms with E-state index in [1.165, 1.54) is 12.1 Å². The fourth-order valence-electron chi connectivity index (χ4n) is 4.00. The lowest BCUT2D eigenvalue weighted by molar-refractivity contribution is 0.193. The molecule has 3 rings (SSSR count). The number of nitrogens with zero attached hydrogens (tertiary/aromatic N) is 1. The van der Waals surface area contributed by atoms with E-state index in [-0.39, 0.29) is 23.0 Å². The number of carbonyl (C=O) groups is 1. The van der Waals surface area contributed by atoms with Crippen LogP contribution >= 0.6 is 0 Å². The van der Waals surface area contributed by atoms with Crippen molar-refractivity contribution in [3.63, 3.8) is 0 Å². The first-order valence-corrected chi connectivity index (χ1v) is 14.3. The summed E-state index contributed by atoms with van der Waals surface area (Å²) in [5.74, 6) is 0. The zero-order valence-electron chi connectivity index (χ0n) is 18.7. The van der Waals surface area contributed by atoms with Gasteiger partial charge in [-0.3, -0.25) is 0 Å². The Morgan fingerprint density at radius 3 is 2.00 bits per heavy atom. The fourth-order valence-corrected chi connectivity index (χ4v) is 6.27. The van der Waals surface area contributed by atoms with E-state index in [1.54, 1.807) is 30.9 Å². The molecule has 1 aliphatic carbocycles. The molecule has 180 valence electrons. The second kappa shape index (κ2) is 10.5. The largest absolute Gasteiger partial charge is 0.324 e. The molecule has 0 aromatic heterocycles. The van der Waals surface area contributed by atoms with Gasteiger partial charge in [0.2, 0.25) is 20.0 Å². The van der Waals surface area contributed by atoms with Crippen LogP contribution in [0.25, 0.3) is 0 Å². The van der Waals surface area contributed by atoms with Crippen molar-refractivity contribution in [1.82, 2.24) is 14.3 Å². The molecule has 0 bridgehead atoms. The number of carbonyl (C=O) groups excluding carboxylic acids is 1. The maximum absolute atomic E-state index is 12.6. The summed E-state index contributed by atoms with van der Waals surface area (Å²) in [5, 5.41) is 2.29. The van der Waals surface area contributed by atoms with E-state index in [4.69, 9.17) is 0 Å². The van der Waals surface area contributed by atoms with Gasteiger partial charge in [-0.1, -0.05) is 19.3 Å². The van der Waals surface area contributed by atoms with E-state index in [9.17, 15) is 21.6 Å². The van der Waals surface area contributed by atoms with Gasteiger partial charge in [-0.2, -0.15) is 0 Å². The molecule has 0 radical (unpaired) electrons. The van der Waals surface area contributed by atoms with Gasteiger partial charge in [-0.25, -0.2) is 31.1 Å². The summed E-state index contributed by atoms with van der Waals surface area (Å²) in [6, 6.07) is 5.68. The van der Waals surface area contributed by atoms with Gasteiger partial charge in [0.05, 0.1) is 10.1 Å². The Labute approximate surface area is 191 Å². The van der Waals surface area contributed by atoms with Crippen molar-refractivity contribution >= 4 is 31.8 Å². The normalized spacial score (nSPS) is 19.3. The summed E-state index contributed by atoms with van der Waals surface area (Å²) in [6.45, 7) is 4.14. The molecule has 1 saturated carbocycles. The van der Waals surface area contributed by atoms with Crippen LogP contribution in [0.4, 0.5) is 10.5 Å². The van der Waals surface area contributed by atoms with Crippen molar-refractivity contribution in [2.24, 2.45) is 0 Å². The lowest BCUT2D eigenvalue weighted by atomic mass is 9.96. The second-order valence-corrected chi connectivity index (χ2v) is 12.9. The van der Waals surface area contributed by atoms with Crippen LogP contribution in [0, 0.1) is 0 Å². The van der Waals surface area contributed by atoms with Gasteiger partial charge >= 0.3 is 6.03 Å². The number of anilines is 1. The predicted molar refractivity (Wildman–Crippen MR) is 124 cm³/mol. The highest BCUT2D eigenvalue weighted by Crippen LogP contribution is 2.21. The fraction of sp³-hybridized carbons (Fsp3) is 0.667.